The molecule has 5 nitrogen and oxygen atoms in total. The minimum absolute atomic E-state index is 0.0520. The highest BCUT2D eigenvalue weighted by atomic mass is 32.2. The molecule has 1 aliphatic rings. The van der Waals surface area contributed by atoms with Gasteiger partial charge in [-0.3, -0.25) is 4.79 Å². The molecule has 1 fully saturated rings. The molecule has 1 aliphatic heterocycles. The molecule has 6 heteroatoms. The van der Waals surface area contributed by atoms with Crippen molar-refractivity contribution in [3.8, 4) is 0 Å². The molecule has 0 spiro atoms. The summed E-state index contributed by atoms with van der Waals surface area (Å²) in [5, 5.41) is 0. The number of benzene rings is 1. The van der Waals surface area contributed by atoms with Crippen molar-refractivity contribution in [1.29, 1.82) is 0 Å². The van der Waals surface area contributed by atoms with E-state index in [2.05, 4.69) is 4.72 Å². The van der Waals surface area contributed by atoms with Crippen molar-refractivity contribution in [2.45, 2.75) is 25.3 Å². The fraction of sp³-hybridized carbons (Fsp3) is 0.500. The Morgan fingerprint density at radius 3 is 2.70 bits per heavy atom. The molecular formula is C14H20N2O3S. The van der Waals surface area contributed by atoms with Crippen molar-refractivity contribution < 1.29 is 13.2 Å². The van der Waals surface area contributed by atoms with Crippen molar-refractivity contribution in [3.63, 3.8) is 0 Å². The average molecular weight is 296 g/mol. The van der Waals surface area contributed by atoms with Crippen LogP contribution in [-0.2, 0) is 21.2 Å². The Balaban J connectivity index is 1.93. The first-order valence-electron chi connectivity index (χ1n) is 6.73. The Labute approximate surface area is 120 Å². The van der Waals surface area contributed by atoms with Gasteiger partial charge in [0.05, 0.1) is 12.7 Å². The van der Waals surface area contributed by atoms with E-state index in [0.717, 1.165) is 24.7 Å². The van der Waals surface area contributed by atoms with Gasteiger partial charge in [-0.05, 0) is 18.4 Å². The lowest BCUT2D eigenvalue weighted by Gasteiger charge is -2.32. The SMILES string of the molecule is CS(=O)(=O)N[C@H]1CCCN(C(=O)Cc2ccccc2)C1. The number of rotatable bonds is 4. The van der Waals surface area contributed by atoms with Crippen LogP contribution in [0.3, 0.4) is 0 Å². The summed E-state index contributed by atoms with van der Waals surface area (Å²) in [5.41, 5.74) is 0.982. The largest absolute Gasteiger partial charge is 0.341 e. The fourth-order valence-electron chi connectivity index (χ4n) is 2.48. The van der Waals surface area contributed by atoms with Crippen molar-refractivity contribution >= 4 is 15.9 Å². The van der Waals surface area contributed by atoms with E-state index in [1.807, 2.05) is 30.3 Å². The van der Waals surface area contributed by atoms with E-state index in [-0.39, 0.29) is 11.9 Å². The molecule has 110 valence electrons. The van der Waals surface area contributed by atoms with Gasteiger partial charge in [0.15, 0.2) is 0 Å². The van der Waals surface area contributed by atoms with Crippen LogP contribution < -0.4 is 4.72 Å². The predicted molar refractivity (Wildman–Crippen MR) is 77.7 cm³/mol. The molecule has 2 rings (SSSR count). The van der Waals surface area contributed by atoms with E-state index in [1.165, 1.54) is 0 Å². The molecule has 1 atom stereocenters. The summed E-state index contributed by atoms with van der Waals surface area (Å²) >= 11 is 0. The molecule has 0 bridgehead atoms. The second-order valence-corrected chi connectivity index (χ2v) is 7.01. The van der Waals surface area contributed by atoms with Gasteiger partial charge in [-0.25, -0.2) is 13.1 Å². The predicted octanol–water partition coefficient (Wildman–Crippen LogP) is 0.769. The number of hydrogen-bond donors (Lipinski definition) is 1. The highest BCUT2D eigenvalue weighted by Gasteiger charge is 2.25. The molecule has 1 saturated heterocycles. The molecule has 0 saturated carbocycles. The fourth-order valence-corrected chi connectivity index (χ4v) is 3.28. The van der Waals surface area contributed by atoms with Gasteiger partial charge in [-0.15, -0.1) is 0 Å². The molecule has 0 radical (unpaired) electrons. The van der Waals surface area contributed by atoms with Crippen LogP contribution in [0.2, 0.25) is 0 Å². The number of nitrogens with zero attached hydrogens (tertiary/aromatic N) is 1. The van der Waals surface area contributed by atoms with Crippen LogP contribution in [0, 0.1) is 0 Å². The Kier molecular flexibility index (Phi) is 4.77. The molecule has 1 amide bonds. The zero-order valence-electron chi connectivity index (χ0n) is 11.6. The minimum atomic E-state index is -3.22. The van der Waals surface area contributed by atoms with Crippen molar-refractivity contribution in [2.24, 2.45) is 0 Å². The summed E-state index contributed by atoms with van der Waals surface area (Å²) in [6.07, 6.45) is 3.13. The molecule has 1 heterocycles. The summed E-state index contributed by atoms with van der Waals surface area (Å²) in [6.45, 7) is 1.16. The Bertz CT molecular complexity index is 557. The second kappa shape index (κ2) is 6.37. The van der Waals surface area contributed by atoms with Crippen LogP contribution >= 0.6 is 0 Å². The summed E-state index contributed by atoms with van der Waals surface area (Å²) in [4.78, 5) is 14.0. The van der Waals surface area contributed by atoms with Gasteiger partial charge in [-0.2, -0.15) is 0 Å². The monoisotopic (exact) mass is 296 g/mol. The average Bonchev–Trinajstić information content (AvgIpc) is 2.38. The molecule has 1 N–H and O–H groups in total. The number of piperidine rings is 1. The summed E-state index contributed by atoms with van der Waals surface area (Å²) < 4.78 is 25.1. The third kappa shape index (κ3) is 4.61. The van der Waals surface area contributed by atoms with Crippen molar-refractivity contribution in [3.05, 3.63) is 35.9 Å². The molecule has 1 aromatic rings. The van der Waals surface area contributed by atoms with Gasteiger partial charge in [0.2, 0.25) is 15.9 Å². The van der Waals surface area contributed by atoms with E-state index in [0.29, 0.717) is 19.5 Å². The number of carbonyl (C=O) groups is 1. The third-order valence-corrected chi connectivity index (χ3v) is 4.11. The number of hydrogen-bond acceptors (Lipinski definition) is 3. The molecule has 20 heavy (non-hydrogen) atoms. The highest BCUT2D eigenvalue weighted by Crippen LogP contribution is 2.13. The van der Waals surface area contributed by atoms with E-state index < -0.39 is 10.0 Å². The zero-order chi connectivity index (χ0) is 14.6. The molecule has 0 unspecified atom stereocenters. The van der Waals surface area contributed by atoms with Crippen LogP contribution in [0.25, 0.3) is 0 Å². The Morgan fingerprint density at radius 1 is 1.35 bits per heavy atom. The van der Waals surface area contributed by atoms with Crippen LogP contribution in [0.15, 0.2) is 30.3 Å². The summed E-state index contributed by atoms with van der Waals surface area (Å²) in [7, 11) is -3.22. The molecule has 0 aliphatic carbocycles. The van der Waals surface area contributed by atoms with Crippen LogP contribution in [0.4, 0.5) is 0 Å². The van der Waals surface area contributed by atoms with Crippen LogP contribution in [0.5, 0.6) is 0 Å². The normalized spacial score (nSPS) is 19.9. The minimum Gasteiger partial charge on any atom is -0.341 e. The zero-order valence-corrected chi connectivity index (χ0v) is 12.4. The second-order valence-electron chi connectivity index (χ2n) is 5.23. The first-order valence-corrected chi connectivity index (χ1v) is 8.62. The lowest BCUT2D eigenvalue weighted by Crippen LogP contribution is -2.49. The van der Waals surface area contributed by atoms with Gasteiger partial charge in [0.25, 0.3) is 0 Å². The van der Waals surface area contributed by atoms with E-state index in [9.17, 15) is 13.2 Å². The quantitative estimate of drug-likeness (QED) is 0.892. The highest BCUT2D eigenvalue weighted by molar-refractivity contribution is 7.88. The summed E-state index contributed by atoms with van der Waals surface area (Å²) in [6, 6.07) is 9.42. The van der Waals surface area contributed by atoms with Crippen LogP contribution in [0.1, 0.15) is 18.4 Å². The number of amides is 1. The number of likely N-dealkylation sites (tertiary alicyclic amines) is 1. The summed E-state index contributed by atoms with van der Waals surface area (Å²) in [5.74, 6) is 0.0520. The maximum atomic E-state index is 12.2. The first kappa shape index (κ1) is 15.0. The molecular weight excluding hydrogens is 276 g/mol. The maximum absolute atomic E-state index is 12.2. The van der Waals surface area contributed by atoms with E-state index in [1.54, 1.807) is 4.90 Å². The molecule has 1 aromatic carbocycles. The first-order chi connectivity index (χ1) is 9.44. The van der Waals surface area contributed by atoms with Crippen molar-refractivity contribution in [1.82, 2.24) is 9.62 Å². The third-order valence-electron chi connectivity index (χ3n) is 3.35. The smallest absolute Gasteiger partial charge is 0.227 e. The Hall–Kier alpha value is -1.40. The van der Waals surface area contributed by atoms with Gasteiger partial charge >= 0.3 is 0 Å². The maximum Gasteiger partial charge on any atom is 0.227 e. The molecule has 0 aromatic heterocycles. The standard InChI is InChI=1S/C14H20N2O3S/c1-20(18,19)15-13-8-5-9-16(11-13)14(17)10-12-6-3-2-4-7-12/h2-4,6-7,13,15H,5,8-11H2,1H3/t13-/m0/s1. The van der Waals surface area contributed by atoms with Crippen LogP contribution in [-0.4, -0.2) is 44.6 Å². The number of sulfonamides is 1. The van der Waals surface area contributed by atoms with E-state index in [4.69, 9.17) is 0 Å². The van der Waals surface area contributed by atoms with Gasteiger partial charge in [0.1, 0.15) is 0 Å². The van der Waals surface area contributed by atoms with Crippen molar-refractivity contribution in [2.75, 3.05) is 19.3 Å². The topological polar surface area (TPSA) is 66.5 Å². The number of carbonyl (C=O) groups excluding carboxylic acids is 1. The lowest BCUT2D eigenvalue weighted by molar-refractivity contribution is -0.131. The van der Waals surface area contributed by atoms with Gasteiger partial charge in [0, 0.05) is 19.1 Å². The Morgan fingerprint density at radius 2 is 2.05 bits per heavy atom. The number of nitrogens with one attached hydrogen (secondary N) is 1. The van der Waals surface area contributed by atoms with Gasteiger partial charge in [-0.1, -0.05) is 30.3 Å². The van der Waals surface area contributed by atoms with E-state index >= 15 is 0 Å². The van der Waals surface area contributed by atoms with Gasteiger partial charge < -0.3 is 4.90 Å². The lowest BCUT2D eigenvalue weighted by atomic mass is 10.1.